The zero-order valence-electron chi connectivity index (χ0n) is 19.0. The molecule has 1 heterocycles. The molecule has 1 aliphatic heterocycles. The largest absolute Gasteiger partial charge is 0.449 e. The maximum atomic E-state index is 14.5. The average Bonchev–Trinajstić information content (AvgIpc) is 3.10. The van der Waals surface area contributed by atoms with Gasteiger partial charge in [-0.15, -0.1) is 0 Å². The van der Waals surface area contributed by atoms with Crippen molar-refractivity contribution in [2.24, 2.45) is 0 Å². The predicted octanol–water partition coefficient (Wildman–Crippen LogP) is 6.66. The number of imide groups is 1. The Morgan fingerprint density at radius 2 is 1.40 bits per heavy atom. The third kappa shape index (κ3) is 3.74. The molecule has 1 fully saturated rings. The van der Waals surface area contributed by atoms with Crippen molar-refractivity contribution in [1.29, 1.82) is 0 Å². The van der Waals surface area contributed by atoms with Crippen molar-refractivity contribution in [2.45, 2.75) is 37.0 Å². The van der Waals surface area contributed by atoms with Crippen LogP contribution in [0.5, 0.6) is 0 Å². The van der Waals surface area contributed by atoms with Gasteiger partial charge in [-0.2, -0.15) is 0 Å². The Morgan fingerprint density at radius 3 is 1.91 bits per heavy atom. The van der Waals surface area contributed by atoms with Crippen LogP contribution in [-0.2, 0) is 19.7 Å². The van der Waals surface area contributed by atoms with E-state index in [-0.39, 0.29) is 31.1 Å². The van der Waals surface area contributed by atoms with Gasteiger partial charge in [-0.3, -0.25) is 9.59 Å². The Kier molecular flexibility index (Phi) is 6.16. The number of anilines is 1. The molecule has 0 unspecified atom stereocenters. The predicted molar refractivity (Wildman–Crippen MR) is 135 cm³/mol. The van der Waals surface area contributed by atoms with E-state index in [1.165, 1.54) is 0 Å². The van der Waals surface area contributed by atoms with E-state index in [2.05, 4.69) is 0 Å². The SMILES string of the molecule is CCOC(=O)N1C(=O)C2(c3ccccc31)[C@@H](c1ccc(Cl)cc1)CC(=O)C[C@@H]2c1ccc(Cl)cc1. The Balaban J connectivity index is 1.80. The molecule has 0 bridgehead atoms. The Labute approximate surface area is 213 Å². The summed E-state index contributed by atoms with van der Waals surface area (Å²) in [4.78, 5) is 41.9. The molecule has 7 heteroatoms. The van der Waals surface area contributed by atoms with E-state index in [1.54, 1.807) is 43.3 Å². The van der Waals surface area contributed by atoms with Crippen LogP contribution in [0.25, 0.3) is 0 Å². The first-order valence-corrected chi connectivity index (χ1v) is 12.3. The number of hydrogen-bond acceptors (Lipinski definition) is 4. The fourth-order valence-electron chi connectivity index (χ4n) is 5.73. The second-order valence-electron chi connectivity index (χ2n) is 8.88. The summed E-state index contributed by atoms with van der Waals surface area (Å²) in [6, 6.07) is 21.8. The van der Waals surface area contributed by atoms with Crippen LogP contribution in [0.2, 0.25) is 10.0 Å². The van der Waals surface area contributed by atoms with Crippen molar-refractivity contribution in [3.63, 3.8) is 0 Å². The van der Waals surface area contributed by atoms with Crippen LogP contribution < -0.4 is 4.90 Å². The highest BCUT2D eigenvalue weighted by molar-refractivity contribution is 6.31. The quantitative estimate of drug-likeness (QED) is 0.397. The van der Waals surface area contributed by atoms with Crippen molar-refractivity contribution in [1.82, 2.24) is 0 Å². The molecular formula is C28H23Cl2NO4. The molecule has 3 aromatic rings. The molecule has 5 nitrogen and oxygen atoms in total. The smallest absolute Gasteiger partial charge is 0.421 e. The van der Waals surface area contributed by atoms with Gasteiger partial charge in [0.1, 0.15) is 5.78 Å². The lowest BCUT2D eigenvalue weighted by Crippen LogP contribution is -2.53. The second-order valence-corrected chi connectivity index (χ2v) is 9.75. The molecule has 0 saturated heterocycles. The number of carbonyl (C=O) groups excluding carboxylic acids is 3. The maximum Gasteiger partial charge on any atom is 0.421 e. The molecular weight excluding hydrogens is 485 g/mol. The van der Waals surface area contributed by atoms with Crippen LogP contribution in [0.3, 0.4) is 0 Å². The van der Waals surface area contributed by atoms with Crippen molar-refractivity contribution in [3.8, 4) is 0 Å². The van der Waals surface area contributed by atoms with Gasteiger partial charge in [-0.1, -0.05) is 65.7 Å². The monoisotopic (exact) mass is 507 g/mol. The Bertz CT molecular complexity index is 1250. The van der Waals surface area contributed by atoms with Crippen molar-refractivity contribution >= 4 is 46.7 Å². The van der Waals surface area contributed by atoms with E-state index in [1.807, 2.05) is 36.4 Å². The van der Waals surface area contributed by atoms with Crippen LogP contribution in [0.1, 0.15) is 48.3 Å². The number of halogens is 2. The van der Waals surface area contributed by atoms with Gasteiger partial charge in [-0.05, 0) is 53.9 Å². The fraction of sp³-hybridized carbons (Fsp3) is 0.250. The first-order chi connectivity index (χ1) is 16.9. The van der Waals surface area contributed by atoms with E-state index in [4.69, 9.17) is 27.9 Å². The van der Waals surface area contributed by atoms with Gasteiger partial charge in [0, 0.05) is 34.7 Å². The van der Waals surface area contributed by atoms with Crippen LogP contribution >= 0.6 is 23.2 Å². The molecule has 0 radical (unpaired) electrons. The first-order valence-electron chi connectivity index (χ1n) is 11.5. The minimum Gasteiger partial charge on any atom is -0.449 e. The van der Waals surface area contributed by atoms with E-state index in [0.717, 1.165) is 16.0 Å². The topological polar surface area (TPSA) is 63.7 Å². The van der Waals surface area contributed by atoms with E-state index < -0.39 is 23.3 Å². The first kappa shape index (κ1) is 23.6. The van der Waals surface area contributed by atoms with Gasteiger partial charge in [0.25, 0.3) is 0 Å². The molecule has 35 heavy (non-hydrogen) atoms. The fourth-order valence-corrected chi connectivity index (χ4v) is 5.98. The highest BCUT2D eigenvalue weighted by Crippen LogP contribution is 2.61. The summed E-state index contributed by atoms with van der Waals surface area (Å²) in [7, 11) is 0. The number of hydrogen-bond donors (Lipinski definition) is 0. The van der Waals surface area contributed by atoms with Gasteiger partial charge < -0.3 is 4.74 Å². The number of ketones is 1. The molecule has 0 N–H and O–H groups in total. The molecule has 0 aromatic heterocycles. The normalized spacial score (nSPS) is 20.7. The number of rotatable bonds is 3. The molecule has 178 valence electrons. The van der Waals surface area contributed by atoms with Crippen LogP contribution in [0.4, 0.5) is 10.5 Å². The number of Topliss-reactive ketones (excluding diaryl/α,β-unsaturated/α-hetero) is 1. The van der Waals surface area contributed by atoms with E-state index in [0.29, 0.717) is 21.3 Å². The van der Waals surface area contributed by atoms with Gasteiger partial charge >= 0.3 is 6.09 Å². The van der Waals surface area contributed by atoms with Crippen molar-refractivity contribution < 1.29 is 19.1 Å². The standard InChI is InChI=1S/C28H23Cl2NO4/c1-2-35-27(34)31-25-6-4-3-5-22(25)28(26(31)33)23(17-7-11-19(29)12-8-17)15-21(32)16-24(28)18-9-13-20(30)14-10-18/h3-14,23-24H,2,15-16H2,1H3/t23-,24-/m1/s1. The highest BCUT2D eigenvalue weighted by Gasteiger charge is 2.64. The maximum absolute atomic E-state index is 14.5. The molecule has 2 amide bonds. The summed E-state index contributed by atoms with van der Waals surface area (Å²) in [5.74, 6) is -1.34. The number of fused-ring (bicyclic) bond motifs is 2. The number of benzene rings is 3. The lowest BCUT2D eigenvalue weighted by Gasteiger charge is -2.46. The lowest BCUT2D eigenvalue weighted by atomic mass is 9.54. The molecule has 2 atom stereocenters. The van der Waals surface area contributed by atoms with Gasteiger partial charge in [0.15, 0.2) is 0 Å². The summed E-state index contributed by atoms with van der Waals surface area (Å²) >= 11 is 12.3. The van der Waals surface area contributed by atoms with Gasteiger partial charge in [0.2, 0.25) is 5.91 Å². The molecule has 1 spiro atoms. The van der Waals surface area contributed by atoms with Gasteiger partial charge in [-0.25, -0.2) is 9.69 Å². The summed E-state index contributed by atoms with van der Waals surface area (Å²) in [5, 5.41) is 1.12. The third-order valence-electron chi connectivity index (χ3n) is 7.11. The highest BCUT2D eigenvalue weighted by atomic mass is 35.5. The van der Waals surface area contributed by atoms with Gasteiger partial charge in [0.05, 0.1) is 17.7 Å². The van der Waals surface area contributed by atoms with E-state index >= 15 is 0 Å². The number of para-hydroxylation sites is 1. The lowest BCUT2D eigenvalue weighted by molar-refractivity contribution is -0.130. The number of carbonyl (C=O) groups is 3. The molecule has 1 saturated carbocycles. The number of amides is 2. The number of ether oxygens (including phenoxy) is 1. The van der Waals surface area contributed by atoms with Crippen LogP contribution in [0, 0.1) is 0 Å². The molecule has 3 aromatic carbocycles. The van der Waals surface area contributed by atoms with Crippen molar-refractivity contribution in [3.05, 3.63) is 99.5 Å². The summed E-state index contributed by atoms with van der Waals surface area (Å²) < 4.78 is 5.29. The van der Waals surface area contributed by atoms with Crippen LogP contribution in [0.15, 0.2) is 72.8 Å². The molecule has 2 aliphatic rings. The molecule has 5 rings (SSSR count). The van der Waals surface area contributed by atoms with E-state index in [9.17, 15) is 14.4 Å². The van der Waals surface area contributed by atoms with Crippen molar-refractivity contribution in [2.75, 3.05) is 11.5 Å². The molecule has 1 aliphatic carbocycles. The summed E-state index contributed by atoms with van der Waals surface area (Å²) in [6.07, 6.45) is -0.381. The second kappa shape index (κ2) is 9.14. The summed E-state index contributed by atoms with van der Waals surface area (Å²) in [5.41, 5.74) is 1.64. The minimum absolute atomic E-state index is 0.0513. The Hall–Kier alpha value is -3.15. The Morgan fingerprint density at radius 1 is 0.886 bits per heavy atom. The zero-order valence-corrected chi connectivity index (χ0v) is 20.6. The zero-order chi connectivity index (χ0) is 24.7. The minimum atomic E-state index is -1.20. The summed E-state index contributed by atoms with van der Waals surface area (Å²) in [6.45, 7) is 1.84. The average molecular weight is 508 g/mol. The number of nitrogens with zero attached hydrogens (tertiary/aromatic N) is 1. The third-order valence-corrected chi connectivity index (χ3v) is 7.61. The van der Waals surface area contributed by atoms with Crippen LogP contribution in [-0.4, -0.2) is 24.4 Å².